The normalized spacial score (nSPS) is 13.5. The summed E-state index contributed by atoms with van der Waals surface area (Å²) in [5, 5.41) is 12.7. The van der Waals surface area contributed by atoms with Crippen molar-refractivity contribution in [2.75, 3.05) is 13.7 Å². The zero-order valence-corrected chi connectivity index (χ0v) is 13.4. The van der Waals surface area contributed by atoms with E-state index in [0.717, 1.165) is 11.1 Å². The summed E-state index contributed by atoms with van der Waals surface area (Å²) < 4.78 is 5.06. The summed E-state index contributed by atoms with van der Waals surface area (Å²) in [6.07, 6.45) is -0.232. The van der Waals surface area contributed by atoms with E-state index in [0.29, 0.717) is 11.1 Å². The molecule has 6 heteroatoms. The van der Waals surface area contributed by atoms with Gasteiger partial charge in [-0.25, -0.2) is 0 Å². The molecule has 0 spiro atoms. The zero-order chi connectivity index (χ0) is 17.0. The SMILES string of the molecule is COCC(C)(CC(=O)O)NC(=O)c1cccc2ccc(C)nc12. The lowest BCUT2D eigenvalue weighted by atomic mass is 9.97. The Bertz CT molecular complexity index is 744. The van der Waals surface area contributed by atoms with Gasteiger partial charge in [0.2, 0.25) is 0 Å². The number of pyridine rings is 1. The molecule has 1 heterocycles. The van der Waals surface area contributed by atoms with Gasteiger partial charge in [0.15, 0.2) is 0 Å². The maximum atomic E-state index is 12.6. The van der Waals surface area contributed by atoms with Gasteiger partial charge in [-0.15, -0.1) is 0 Å². The highest BCUT2D eigenvalue weighted by molar-refractivity contribution is 6.05. The van der Waals surface area contributed by atoms with Crippen LogP contribution in [0.3, 0.4) is 0 Å². The second kappa shape index (κ2) is 6.75. The first-order valence-corrected chi connectivity index (χ1v) is 7.24. The molecule has 1 aromatic heterocycles. The Labute approximate surface area is 134 Å². The number of carbonyl (C=O) groups excluding carboxylic acids is 1. The highest BCUT2D eigenvalue weighted by Gasteiger charge is 2.30. The van der Waals surface area contributed by atoms with Crippen LogP contribution in [0.2, 0.25) is 0 Å². The Morgan fingerprint density at radius 3 is 2.70 bits per heavy atom. The quantitative estimate of drug-likeness (QED) is 0.852. The minimum atomic E-state index is -1.00. The van der Waals surface area contributed by atoms with Gasteiger partial charge in [-0.3, -0.25) is 14.6 Å². The van der Waals surface area contributed by atoms with Gasteiger partial charge < -0.3 is 15.2 Å². The van der Waals surface area contributed by atoms with Gasteiger partial charge in [-0.2, -0.15) is 0 Å². The van der Waals surface area contributed by atoms with E-state index in [4.69, 9.17) is 9.84 Å². The van der Waals surface area contributed by atoms with Crippen molar-refractivity contribution in [3.8, 4) is 0 Å². The predicted octanol–water partition coefficient (Wildman–Crippen LogP) is 2.15. The van der Waals surface area contributed by atoms with Crippen LogP contribution >= 0.6 is 0 Å². The van der Waals surface area contributed by atoms with E-state index >= 15 is 0 Å². The Balaban J connectivity index is 2.36. The molecule has 0 aliphatic rings. The summed E-state index contributed by atoms with van der Waals surface area (Å²) in [5.74, 6) is -1.37. The molecule has 0 bridgehead atoms. The molecule has 1 amide bonds. The Morgan fingerprint density at radius 2 is 2.04 bits per heavy atom. The number of hydrogen-bond donors (Lipinski definition) is 2. The lowest BCUT2D eigenvalue weighted by Gasteiger charge is -2.28. The minimum Gasteiger partial charge on any atom is -0.481 e. The number of carboxylic acids is 1. The molecule has 0 fully saturated rings. The van der Waals surface area contributed by atoms with Crippen LogP contribution in [0.25, 0.3) is 10.9 Å². The molecule has 2 aromatic rings. The highest BCUT2D eigenvalue weighted by Crippen LogP contribution is 2.19. The molecule has 6 nitrogen and oxygen atoms in total. The highest BCUT2D eigenvalue weighted by atomic mass is 16.5. The number of aliphatic carboxylic acids is 1. The number of aromatic nitrogens is 1. The smallest absolute Gasteiger partial charge is 0.305 e. The van der Waals surface area contributed by atoms with Gasteiger partial charge >= 0.3 is 5.97 Å². The van der Waals surface area contributed by atoms with Crippen molar-refractivity contribution in [1.29, 1.82) is 0 Å². The lowest BCUT2D eigenvalue weighted by Crippen LogP contribution is -2.50. The number of carbonyl (C=O) groups is 2. The topological polar surface area (TPSA) is 88.5 Å². The fourth-order valence-electron chi connectivity index (χ4n) is 2.55. The van der Waals surface area contributed by atoms with Crippen LogP contribution in [-0.2, 0) is 9.53 Å². The van der Waals surface area contributed by atoms with E-state index in [2.05, 4.69) is 10.3 Å². The number of para-hydroxylation sites is 1. The Kier molecular flexibility index (Phi) is 4.95. The average Bonchev–Trinajstić information content (AvgIpc) is 2.45. The molecule has 0 saturated carbocycles. The molecular formula is C17H20N2O4. The van der Waals surface area contributed by atoms with Crippen molar-refractivity contribution in [3.05, 3.63) is 41.6 Å². The standard InChI is InChI=1S/C17H20N2O4/c1-11-7-8-12-5-4-6-13(15(12)18-11)16(22)19-17(2,10-23-3)9-14(20)21/h4-8H,9-10H2,1-3H3,(H,19,22)(H,20,21). The number of benzene rings is 1. The monoisotopic (exact) mass is 316 g/mol. The lowest BCUT2D eigenvalue weighted by molar-refractivity contribution is -0.139. The molecule has 0 aliphatic carbocycles. The summed E-state index contributed by atoms with van der Waals surface area (Å²) in [6.45, 7) is 3.60. The van der Waals surface area contributed by atoms with E-state index in [9.17, 15) is 9.59 Å². The van der Waals surface area contributed by atoms with Crippen LogP contribution in [0.1, 0.15) is 29.4 Å². The fourth-order valence-corrected chi connectivity index (χ4v) is 2.55. The van der Waals surface area contributed by atoms with Gasteiger partial charge in [0, 0.05) is 18.2 Å². The first-order chi connectivity index (χ1) is 10.8. The number of nitrogens with zero attached hydrogens (tertiary/aromatic N) is 1. The Hall–Kier alpha value is -2.47. The third kappa shape index (κ3) is 4.04. The number of hydrogen-bond acceptors (Lipinski definition) is 4. The van der Waals surface area contributed by atoms with Gasteiger partial charge in [0.25, 0.3) is 5.91 Å². The van der Waals surface area contributed by atoms with Gasteiger partial charge in [0.1, 0.15) is 0 Å². The number of carboxylic acid groups (broad SMARTS) is 1. The van der Waals surface area contributed by atoms with Crippen molar-refractivity contribution < 1.29 is 19.4 Å². The summed E-state index contributed by atoms with van der Waals surface area (Å²) >= 11 is 0. The number of fused-ring (bicyclic) bond motifs is 1. The second-order valence-electron chi connectivity index (χ2n) is 5.85. The molecule has 23 heavy (non-hydrogen) atoms. The molecule has 2 rings (SSSR count). The van der Waals surface area contributed by atoms with Gasteiger partial charge in [-0.1, -0.05) is 18.2 Å². The van der Waals surface area contributed by atoms with Gasteiger partial charge in [0.05, 0.1) is 29.6 Å². The third-order valence-corrected chi connectivity index (χ3v) is 3.52. The van der Waals surface area contributed by atoms with Crippen LogP contribution in [0.15, 0.2) is 30.3 Å². The van der Waals surface area contributed by atoms with Crippen LogP contribution in [0.4, 0.5) is 0 Å². The third-order valence-electron chi connectivity index (χ3n) is 3.52. The maximum Gasteiger partial charge on any atom is 0.305 e. The Morgan fingerprint density at radius 1 is 1.30 bits per heavy atom. The van der Waals surface area contributed by atoms with Crippen molar-refractivity contribution in [1.82, 2.24) is 10.3 Å². The molecular weight excluding hydrogens is 296 g/mol. The summed E-state index contributed by atoms with van der Waals surface area (Å²) in [6, 6.07) is 9.12. The van der Waals surface area contributed by atoms with Crippen molar-refractivity contribution in [3.63, 3.8) is 0 Å². The zero-order valence-electron chi connectivity index (χ0n) is 13.4. The maximum absolute atomic E-state index is 12.6. The van der Waals surface area contributed by atoms with Crippen molar-refractivity contribution in [2.45, 2.75) is 25.8 Å². The van der Waals surface area contributed by atoms with Crippen LogP contribution in [0.5, 0.6) is 0 Å². The van der Waals surface area contributed by atoms with E-state index in [1.807, 2.05) is 25.1 Å². The minimum absolute atomic E-state index is 0.0995. The number of amides is 1. The predicted molar refractivity (Wildman–Crippen MR) is 86.5 cm³/mol. The number of rotatable bonds is 6. The number of aryl methyl sites for hydroxylation is 1. The largest absolute Gasteiger partial charge is 0.481 e. The molecule has 1 aromatic carbocycles. The van der Waals surface area contributed by atoms with Crippen molar-refractivity contribution in [2.24, 2.45) is 0 Å². The van der Waals surface area contributed by atoms with Crippen LogP contribution in [0, 0.1) is 6.92 Å². The molecule has 1 atom stereocenters. The summed E-state index contributed by atoms with van der Waals surface area (Å²) in [7, 11) is 1.47. The van der Waals surface area contributed by atoms with E-state index in [1.54, 1.807) is 19.1 Å². The molecule has 0 aliphatic heterocycles. The number of methoxy groups -OCH3 is 1. The van der Waals surface area contributed by atoms with Crippen LogP contribution in [-0.4, -0.2) is 41.2 Å². The fraction of sp³-hybridized carbons (Fsp3) is 0.353. The molecule has 122 valence electrons. The molecule has 0 radical (unpaired) electrons. The van der Waals surface area contributed by atoms with E-state index < -0.39 is 11.5 Å². The van der Waals surface area contributed by atoms with E-state index in [1.165, 1.54) is 7.11 Å². The second-order valence-corrected chi connectivity index (χ2v) is 5.85. The number of ether oxygens (including phenoxy) is 1. The number of nitrogens with one attached hydrogen (secondary N) is 1. The first kappa shape index (κ1) is 16.9. The average molecular weight is 316 g/mol. The molecule has 0 saturated heterocycles. The van der Waals surface area contributed by atoms with Gasteiger partial charge in [-0.05, 0) is 26.0 Å². The summed E-state index contributed by atoms with van der Waals surface area (Å²) in [5.41, 5.74) is 0.825. The molecule has 2 N–H and O–H groups in total. The first-order valence-electron chi connectivity index (χ1n) is 7.24. The van der Waals surface area contributed by atoms with Crippen LogP contribution < -0.4 is 5.32 Å². The van der Waals surface area contributed by atoms with E-state index in [-0.39, 0.29) is 18.9 Å². The summed E-state index contributed by atoms with van der Waals surface area (Å²) in [4.78, 5) is 28.1. The molecule has 1 unspecified atom stereocenters. The van der Waals surface area contributed by atoms with Crippen molar-refractivity contribution >= 4 is 22.8 Å².